The lowest BCUT2D eigenvalue weighted by Crippen LogP contribution is -2.58. The Morgan fingerprint density at radius 2 is 1.21 bits per heavy atom. The van der Waals surface area contributed by atoms with Gasteiger partial charge in [-0.3, -0.25) is 24.0 Å². The van der Waals surface area contributed by atoms with Gasteiger partial charge >= 0.3 is 11.9 Å². The normalized spacial score (nSPS) is 27.1. The summed E-state index contributed by atoms with van der Waals surface area (Å²) in [5.74, 6) is -3.65. The number of amides is 5. The fourth-order valence-corrected chi connectivity index (χ4v) is 10.7. The van der Waals surface area contributed by atoms with Crippen LogP contribution >= 0.6 is 23.5 Å². The second-order valence-corrected chi connectivity index (χ2v) is 16.7. The van der Waals surface area contributed by atoms with E-state index in [4.69, 9.17) is 15.2 Å². The van der Waals surface area contributed by atoms with Crippen LogP contribution in [0, 0.1) is 11.8 Å². The smallest absolute Gasteiger partial charge is 0.328 e. The third-order valence-corrected chi connectivity index (χ3v) is 13.3. The standard InChI is InChI=1S/C37H51N5O9S2/c1-50-36(48)27-10-6-12-30-41(27)34(46)25(16-18-52-30)39-32(44)23(20-22-8-4-3-5-9-22)14-15-24(21-29(38)43)33(45)40-26-17-19-53-31-13-7-11-28(37(49)51-2)42(31)35(26)47/h3-5,8-9,23-28,30-31H,6-7,10-21H2,1-2H3,(H2,38,43)(H,39,44)(H,40,45). The van der Waals surface area contributed by atoms with E-state index >= 15 is 0 Å². The van der Waals surface area contributed by atoms with E-state index in [9.17, 15) is 33.6 Å². The molecule has 14 nitrogen and oxygen atoms in total. The molecule has 1 aromatic carbocycles. The number of rotatable bonds is 13. The summed E-state index contributed by atoms with van der Waals surface area (Å²) in [7, 11) is 2.59. The van der Waals surface area contributed by atoms with E-state index in [0.717, 1.165) is 31.2 Å². The Labute approximate surface area is 318 Å². The monoisotopic (exact) mass is 773 g/mol. The number of hydrogen-bond acceptors (Lipinski definition) is 11. The molecule has 8 unspecified atom stereocenters. The number of ether oxygens (including phenoxy) is 2. The van der Waals surface area contributed by atoms with Crippen LogP contribution in [0.1, 0.15) is 76.2 Å². The highest BCUT2D eigenvalue weighted by Crippen LogP contribution is 2.36. The number of fused-ring (bicyclic) bond motifs is 2. The van der Waals surface area contributed by atoms with Crippen LogP contribution in [0.5, 0.6) is 0 Å². The number of carbonyl (C=O) groups excluding carboxylic acids is 7. The average molecular weight is 774 g/mol. The maximum atomic E-state index is 14.1. The number of thioether (sulfide) groups is 2. The summed E-state index contributed by atoms with van der Waals surface area (Å²) in [5.41, 5.74) is 6.49. The van der Waals surface area contributed by atoms with Gasteiger partial charge in [0.2, 0.25) is 29.5 Å². The van der Waals surface area contributed by atoms with Gasteiger partial charge in [-0.05, 0) is 87.7 Å². The maximum absolute atomic E-state index is 14.1. The van der Waals surface area contributed by atoms with Crippen molar-refractivity contribution in [1.82, 2.24) is 20.4 Å². The van der Waals surface area contributed by atoms with Gasteiger partial charge in [-0.15, -0.1) is 23.5 Å². The minimum atomic E-state index is -0.929. The van der Waals surface area contributed by atoms with Crippen LogP contribution < -0.4 is 16.4 Å². The summed E-state index contributed by atoms with van der Waals surface area (Å²) in [6.45, 7) is 0. The summed E-state index contributed by atoms with van der Waals surface area (Å²) in [6.07, 6.45) is 5.07. The quantitative estimate of drug-likeness (QED) is 0.249. The van der Waals surface area contributed by atoms with Crippen molar-refractivity contribution in [2.24, 2.45) is 17.6 Å². The Bertz CT molecular complexity index is 1520. The Morgan fingerprint density at radius 3 is 1.68 bits per heavy atom. The van der Waals surface area contributed by atoms with Gasteiger partial charge in [-0.1, -0.05) is 30.3 Å². The van der Waals surface area contributed by atoms with Gasteiger partial charge in [-0.2, -0.15) is 0 Å². The molecule has 5 amide bonds. The number of carbonyl (C=O) groups is 7. The van der Waals surface area contributed by atoms with E-state index < -0.39 is 59.8 Å². The van der Waals surface area contributed by atoms with Gasteiger partial charge < -0.3 is 35.6 Å². The summed E-state index contributed by atoms with van der Waals surface area (Å²) in [4.78, 5) is 96.3. The first-order valence-electron chi connectivity index (χ1n) is 18.5. The largest absolute Gasteiger partial charge is 0.467 e. The molecule has 53 heavy (non-hydrogen) atoms. The molecular formula is C37H51N5O9S2. The SMILES string of the molecule is COC(=O)C1CCCC2SCCC(NC(=O)C(CCC(Cc3ccccc3)C(=O)NC3CCSC4CCCC(C(=O)OC)N4C3=O)CC(N)=O)C(=O)N21. The number of benzene rings is 1. The van der Waals surface area contributed by atoms with Crippen LogP contribution in [0.25, 0.3) is 0 Å². The van der Waals surface area contributed by atoms with Crippen LogP contribution in [0.4, 0.5) is 0 Å². The summed E-state index contributed by atoms with van der Waals surface area (Å²) in [5, 5.41) is 5.45. The Kier molecular flexibility index (Phi) is 14.5. The topological polar surface area (TPSA) is 195 Å². The lowest BCUT2D eigenvalue weighted by atomic mass is 9.88. The summed E-state index contributed by atoms with van der Waals surface area (Å²) < 4.78 is 10.0. The van der Waals surface area contributed by atoms with Crippen molar-refractivity contribution < 1.29 is 43.0 Å². The van der Waals surface area contributed by atoms with E-state index in [0.29, 0.717) is 43.6 Å². The van der Waals surface area contributed by atoms with Gasteiger partial charge in [0, 0.05) is 18.3 Å². The second-order valence-electron chi connectivity index (χ2n) is 14.1. The molecule has 290 valence electrons. The fraction of sp³-hybridized carbons (Fsp3) is 0.649. The number of esters is 2. The molecule has 4 fully saturated rings. The molecule has 16 heteroatoms. The van der Waals surface area contributed by atoms with E-state index in [1.807, 2.05) is 30.3 Å². The van der Waals surface area contributed by atoms with Crippen molar-refractivity contribution >= 4 is 65.0 Å². The van der Waals surface area contributed by atoms with Gasteiger partial charge in [-0.25, -0.2) is 9.59 Å². The summed E-state index contributed by atoms with van der Waals surface area (Å²) >= 11 is 3.17. The van der Waals surface area contributed by atoms with Crippen LogP contribution in [-0.2, 0) is 49.5 Å². The Morgan fingerprint density at radius 1 is 0.736 bits per heavy atom. The molecular weight excluding hydrogens is 723 g/mol. The van der Waals surface area contributed by atoms with E-state index in [-0.39, 0.29) is 47.7 Å². The lowest BCUT2D eigenvalue weighted by Gasteiger charge is -2.40. The molecule has 0 aromatic heterocycles. The lowest BCUT2D eigenvalue weighted by molar-refractivity contribution is -0.156. The van der Waals surface area contributed by atoms with Crippen LogP contribution in [0.2, 0.25) is 0 Å². The molecule has 0 aliphatic carbocycles. The predicted molar refractivity (Wildman–Crippen MR) is 199 cm³/mol. The molecule has 0 spiro atoms. The van der Waals surface area contributed by atoms with E-state index in [2.05, 4.69) is 10.6 Å². The zero-order valence-electron chi connectivity index (χ0n) is 30.4. The fourth-order valence-electron chi connectivity index (χ4n) is 7.88. The predicted octanol–water partition coefficient (Wildman–Crippen LogP) is 2.12. The minimum Gasteiger partial charge on any atom is -0.467 e. The van der Waals surface area contributed by atoms with E-state index in [1.165, 1.54) is 14.2 Å². The number of nitrogens with zero attached hydrogens (tertiary/aromatic N) is 2. The molecule has 4 heterocycles. The molecule has 0 bridgehead atoms. The van der Waals surface area contributed by atoms with Crippen molar-refractivity contribution in [3.05, 3.63) is 35.9 Å². The molecule has 1 aromatic rings. The highest BCUT2D eigenvalue weighted by Gasteiger charge is 2.45. The molecule has 4 aliphatic rings. The van der Waals surface area contributed by atoms with Crippen molar-refractivity contribution in [2.45, 2.75) is 112 Å². The number of nitrogens with two attached hydrogens (primary N) is 1. The van der Waals surface area contributed by atoms with Crippen molar-refractivity contribution in [3.8, 4) is 0 Å². The number of methoxy groups -OCH3 is 2. The Hall–Kier alpha value is -3.79. The molecule has 4 aliphatic heterocycles. The molecule has 0 saturated carbocycles. The first-order chi connectivity index (χ1) is 25.5. The molecule has 4 saturated heterocycles. The third-order valence-electron chi connectivity index (χ3n) is 10.6. The number of primary amides is 1. The highest BCUT2D eigenvalue weighted by atomic mass is 32.2. The number of hydrogen-bond donors (Lipinski definition) is 3. The molecule has 8 atom stereocenters. The zero-order chi connectivity index (χ0) is 38.1. The molecule has 0 radical (unpaired) electrons. The Balaban J connectivity index is 1.30. The van der Waals surface area contributed by atoms with Crippen molar-refractivity contribution in [3.63, 3.8) is 0 Å². The summed E-state index contributed by atoms with van der Waals surface area (Å²) in [6, 6.07) is 6.18. The minimum absolute atomic E-state index is 0.111. The number of piperidine rings is 2. The van der Waals surface area contributed by atoms with Crippen molar-refractivity contribution in [1.29, 1.82) is 0 Å². The molecule has 5 rings (SSSR count). The third kappa shape index (κ3) is 10.0. The zero-order valence-corrected chi connectivity index (χ0v) is 32.0. The van der Waals surface area contributed by atoms with Crippen LogP contribution in [0.3, 0.4) is 0 Å². The molecule has 4 N–H and O–H groups in total. The van der Waals surface area contributed by atoms with Gasteiger partial charge in [0.25, 0.3) is 0 Å². The number of nitrogens with one attached hydrogen (secondary N) is 2. The van der Waals surface area contributed by atoms with Crippen LogP contribution in [-0.4, -0.2) is 112 Å². The highest BCUT2D eigenvalue weighted by molar-refractivity contribution is 8.00. The maximum Gasteiger partial charge on any atom is 0.328 e. The average Bonchev–Trinajstić information content (AvgIpc) is 3.42. The van der Waals surface area contributed by atoms with E-state index in [1.54, 1.807) is 33.3 Å². The first kappa shape index (κ1) is 40.4. The van der Waals surface area contributed by atoms with Crippen molar-refractivity contribution in [2.75, 3.05) is 25.7 Å². The van der Waals surface area contributed by atoms with Gasteiger partial charge in [0.05, 0.1) is 25.0 Å². The van der Waals surface area contributed by atoms with Gasteiger partial charge in [0.15, 0.2) is 0 Å². The van der Waals surface area contributed by atoms with Gasteiger partial charge in [0.1, 0.15) is 24.2 Å². The van der Waals surface area contributed by atoms with Crippen LogP contribution in [0.15, 0.2) is 30.3 Å². The first-order valence-corrected chi connectivity index (χ1v) is 20.6. The second kappa shape index (κ2) is 19.0.